The van der Waals surface area contributed by atoms with Crippen LogP contribution < -0.4 is 11.1 Å². The zero-order chi connectivity index (χ0) is 14.1. The molecule has 2 amide bonds. The Morgan fingerprint density at radius 1 is 1.53 bits per heavy atom. The summed E-state index contributed by atoms with van der Waals surface area (Å²) in [7, 11) is 3.08. The number of aromatic nitrogens is 1. The minimum absolute atomic E-state index is 0.397. The van der Waals surface area contributed by atoms with E-state index in [2.05, 4.69) is 16.9 Å². The largest absolute Gasteiger partial charge is 0.368 e. The number of amides is 2. The third kappa shape index (κ3) is 6.30. The Morgan fingerprint density at radius 2 is 2.32 bits per heavy atom. The summed E-state index contributed by atoms with van der Waals surface area (Å²) < 4.78 is 0. The van der Waals surface area contributed by atoms with Gasteiger partial charge in [-0.15, -0.1) is 0 Å². The van der Waals surface area contributed by atoms with E-state index in [1.165, 1.54) is 10.8 Å². The molecule has 0 aliphatic heterocycles. The van der Waals surface area contributed by atoms with Gasteiger partial charge in [0.05, 0.1) is 0 Å². The van der Waals surface area contributed by atoms with Gasteiger partial charge in [0, 0.05) is 11.9 Å². The Hall–Kier alpha value is -1.47. The fourth-order valence-electron chi connectivity index (χ4n) is 1.18. The van der Waals surface area contributed by atoms with E-state index in [0.717, 1.165) is 11.1 Å². The molecule has 1 aromatic rings. The van der Waals surface area contributed by atoms with Crippen LogP contribution in [0.4, 0.5) is 0 Å². The fourth-order valence-corrected chi connectivity index (χ4v) is 3.15. The summed E-state index contributed by atoms with van der Waals surface area (Å²) in [5, 5.41) is 3.40. The molecule has 5 nitrogen and oxygen atoms in total. The second kappa shape index (κ2) is 8.60. The van der Waals surface area contributed by atoms with Gasteiger partial charge in [-0.3, -0.25) is 9.59 Å². The summed E-state index contributed by atoms with van der Waals surface area (Å²) in [6, 6.07) is 5.00. The van der Waals surface area contributed by atoms with Gasteiger partial charge in [-0.05, 0) is 35.4 Å². The Balaban J connectivity index is 2.30. The smallest absolute Gasteiger partial charge is 0.244 e. The minimum Gasteiger partial charge on any atom is -0.368 e. The molecule has 1 rings (SSSR count). The Morgan fingerprint density at radius 3 is 2.89 bits per heavy atom. The predicted octanol–water partition coefficient (Wildman–Crippen LogP) is 1.37. The van der Waals surface area contributed by atoms with Gasteiger partial charge in [0.15, 0.2) is 0 Å². The molecule has 19 heavy (non-hydrogen) atoms. The fraction of sp³-hybridized carbons (Fsp3) is 0.250. The first-order valence-electron chi connectivity index (χ1n) is 5.56. The Labute approximate surface area is 119 Å². The van der Waals surface area contributed by atoms with Gasteiger partial charge in [0.25, 0.3) is 0 Å². The van der Waals surface area contributed by atoms with Crippen LogP contribution in [0.25, 0.3) is 0 Å². The van der Waals surface area contributed by atoms with Crippen LogP contribution in [0.1, 0.15) is 6.42 Å². The maximum Gasteiger partial charge on any atom is 0.244 e. The van der Waals surface area contributed by atoms with Crippen LogP contribution >= 0.6 is 21.6 Å². The van der Waals surface area contributed by atoms with Gasteiger partial charge in [-0.1, -0.05) is 23.4 Å². The van der Waals surface area contributed by atoms with Crippen LogP contribution in [-0.2, 0) is 9.59 Å². The van der Waals surface area contributed by atoms with Gasteiger partial charge in [-0.2, -0.15) is 0 Å². The second-order valence-corrected chi connectivity index (χ2v) is 5.97. The molecule has 0 bridgehead atoms. The van der Waals surface area contributed by atoms with E-state index in [4.69, 9.17) is 5.73 Å². The lowest BCUT2D eigenvalue weighted by Crippen LogP contribution is -2.44. The highest BCUT2D eigenvalue weighted by molar-refractivity contribution is 8.76. The molecule has 0 aromatic carbocycles. The standard InChI is InChI=1S/C12H15N3O2S2/c1-2-10(16)15-9(12(13)17)6-8-18-19-11-5-3-4-7-14-11/h2-5,7,9H,1,6,8H2,(H2,13,17)(H,15,16). The molecule has 102 valence electrons. The summed E-state index contributed by atoms with van der Waals surface area (Å²) in [6.07, 6.45) is 3.31. The molecule has 1 unspecified atom stereocenters. The summed E-state index contributed by atoms with van der Waals surface area (Å²) in [5.41, 5.74) is 5.22. The van der Waals surface area contributed by atoms with Crippen molar-refractivity contribution in [3.63, 3.8) is 0 Å². The molecule has 0 fully saturated rings. The lowest BCUT2D eigenvalue weighted by molar-refractivity contribution is -0.125. The Bertz CT molecular complexity index is 440. The Kier molecular flexibility index (Phi) is 7.06. The van der Waals surface area contributed by atoms with Gasteiger partial charge in [-0.25, -0.2) is 4.98 Å². The first kappa shape index (κ1) is 15.6. The van der Waals surface area contributed by atoms with Gasteiger partial charge in [0.2, 0.25) is 11.8 Å². The maximum atomic E-state index is 11.2. The lowest BCUT2D eigenvalue weighted by Gasteiger charge is -2.13. The number of pyridine rings is 1. The molecular formula is C12H15N3O2S2. The van der Waals surface area contributed by atoms with Crippen LogP contribution in [0.3, 0.4) is 0 Å². The zero-order valence-corrected chi connectivity index (χ0v) is 11.9. The molecule has 1 aromatic heterocycles. The average molecular weight is 297 g/mol. The number of hydrogen-bond acceptors (Lipinski definition) is 5. The molecule has 3 N–H and O–H groups in total. The molecule has 1 atom stereocenters. The molecule has 7 heteroatoms. The molecular weight excluding hydrogens is 282 g/mol. The monoisotopic (exact) mass is 297 g/mol. The van der Waals surface area contributed by atoms with Gasteiger partial charge >= 0.3 is 0 Å². The molecule has 0 aliphatic rings. The van der Waals surface area contributed by atoms with Crippen molar-refractivity contribution in [2.75, 3.05) is 5.75 Å². The zero-order valence-electron chi connectivity index (χ0n) is 10.2. The lowest BCUT2D eigenvalue weighted by atomic mass is 10.2. The summed E-state index contributed by atoms with van der Waals surface area (Å²) in [5.74, 6) is -0.267. The summed E-state index contributed by atoms with van der Waals surface area (Å²) >= 11 is 0. The van der Waals surface area contributed by atoms with Crippen molar-refractivity contribution >= 4 is 33.4 Å². The topological polar surface area (TPSA) is 85.1 Å². The van der Waals surface area contributed by atoms with Crippen molar-refractivity contribution in [3.8, 4) is 0 Å². The first-order valence-corrected chi connectivity index (χ1v) is 7.88. The van der Waals surface area contributed by atoms with Gasteiger partial charge < -0.3 is 11.1 Å². The van der Waals surface area contributed by atoms with Crippen molar-refractivity contribution in [3.05, 3.63) is 37.1 Å². The number of primary amides is 1. The summed E-state index contributed by atoms with van der Waals surface area (Å²) in [4.78, 5) is 26.4. The molecule has 0 saturated carbocycles. The number of nitrogens with one attached hydrogen (secondary N) is 1. The van der Waals surface area contributed by atoms with Crippen LogP contribution in [0.2, 0.25) is 0 Å². The molecule has 0 radical (unpaired) electrons. The van der Waals surface area contributed by atoms with E-state index >= 15 is 0 Å². The van der Waals surface area contributed by atoms with E-state index in [9.17, 15) is 9.59 Å². The van der Waals surface area contributed by atoms with Crippen LogP contribution in [0, 0.1) is 0 Å². The van der Waals surface area contributed by atoms with Crippen LogP contribution in [0.15, 0.2) is 42.1 Å². The van der Waals surface area contributed by atoms with Crippen LogP contribution in [-0.4, -0.2) is 28.6 Å². The number of hydrogen-bond donors (Lipinski definition) is 2. The molecule has 0 spiro atoms. The van der Waals surface area contributed by atoms with E-state index in [1.54, 1.807) is 17.0 Å². The molecule has 0 aliphatic carbocycles. The first-order chi connectivity index (χ1) is 9.13. The molecule has 1 heterocycles. The van der Waals surface area contributed by atoms with Crippen molar-refractivity contribution in [1.82, 2.24) is 10.3 Å². The quantitative estimate of drug-likeness (QED) is 0.430. The SMILES string of the molecule is C=CC(=O)NC(CCSSc1ccccn1)C(N)=O. The number of carbonyl (C=O) groups is 2. The predicted molar refractivity (Wildman–Crippen MR) is 78.5 cm³/mol. The van der Waals surface area contributed by atoms with Crippen molar-refractivity contribution in [1.29, 1.82) is 0 Å². The summed E-state index contributed by atoms with van der Waals surface area (Å²) in [6.45, 7) is 3.33. The van der Waals surface area contributed by atoms with E-state index in [1.807, 2.05) is 18.2 Å². The highest BCUT2D eigenvalue weighted by Crippen LogP contribution is 2.29. The minimum atomic E-state index is -0.665. The maximum absolute atomic E-state index is 11.2. The number of carbonyl (C=O) groups excluding carboxylic acids is 2. The van der Waals surface area contributed by atoms with Gasteiger partial charge in [0.1, 0.15) is 11.1 Å². The van der Waals surface area contributed by atoms with Crippen LogP contribution in [0.5, 0.6) is 0 Å². The highest BCUT2D eigenvalue weighted by Gasteiger charge is 2.16. The van der Waals surface area contributed by atoms with E-state index in [-0.39, 0.29) is 0 Å². The van der Waals surface area contributed by atoms with E-state index < -0.39 is 17.9 Å². The molecule has 0 saturated heterocycles. The second-order valence-electron chi connectivity index (χ2n) is 3.53. The third-order valence-corrected chi connectivity index (χ3v) is 4.42. The van der Waals surface area contributed by atoms with Crippen molar-refractivity contribution < 1.29 is 9.59 Å². The van der Waals surface area contributed by atoms with E-state index in [0.29, 0.717) is 12.2 Å². The average Bonchev–Trinajstić information content (AvgIpc) is 2.42. The third-order valence-electron chi connectivity index (χ3n) is 2.12. The van der Waals surface area contributed by atoms with Crippen molar-refractivity contribution in [2.24, 2.45) is 5.73 Å². The number of nitrogens with two attached hydrogens (primary N) is 1. The number of nitrogens with zero attached hydrogens (tertiary/aromatic N) is 1. The normalized spacial score (nSPS) is 11.6. The van der Waals surface area contributed by atoms with Crippen molar-refractivity contribution in [2.45, 2.75) is 17.5 Å². The number of rotatable bonds is 8. The highest BCUT2D eigenvalue weighted by atomic mass is 33.1.